The van der Waals surface area contributed by atoms with Crippen molar-refractivity contribution in [3.63, 3.8) is 0 Å². The highest BCUT2D eigenvalue weighted by Crippen LogP contribution is 2.52. The highest BCUT2D eigenvalue weighted by atomic mass is 16.3. The molecule has 0 spiro atoms. The molecule has 0 aliphatic heterocycles. The van der Waals surface area contributed by atoms with Crippen molar-refractivity contribution in [3.8, 4) is 11.3 Å². The minimum Gasteiger partial charge on any atom is -0.396 e. The van der Waals surface area contributed by atoms with E-state index in [0.29, 0.717) is 18.1 Å². The minimum absolute atomic E-state index is 0.0121. The second kappa shape index (κ2) is 6.32. The zero-order chi connectivity index (χ0) is 19.2. The summed E-state index contributed by atoms with van der Waals surface area (Å²) in [5.41, 5.74) is 8.75. The third kappa shape index (κ3) is 3.13. The van der Waals surface area contributed by atoms with Crippen LogP contribution in [0.15, 0.2) is 42.6 Å². The maximum absolute atomic E-state index is 12.4. The first-order valence-electron chi connectivity index (χ1n) is 8.95. The lowest BCUT2D eigenvalue weighted by atomic mass is 10.0. The molecule has 1 aliphatic carbocycles. The van der Waals surface area contributed by atoms with Gasteiger partial charge < -0.3 is 16.2 Å². The minimum atomic E-state index is -0.312. The molecule has 1 fully saturated rings. The topological polar surface area (TPSA) is 101 Å². The quantitative estimate of drug-likeness (QED) is 0.662. The number of nitrogens with one attached hydrogen (secondary N) is 1. The Morgan fingerprint density at radius 2 is 2.15 bits per heavy atom. The predicted molar refractivity (Wildman–Crippen MR) is 106 cm³/mol. The van der Waals surface area contributed by atoms with Crippen LogP contribution in [-0.4, -0.2) is 27.6 Å². The van der Waals surface area contributed by atoms with Crippen molar-refractivity contribution < 1.29 is 9.90 Å². The lowest BCUT2D eigenvalue weighted by molar-refractivity contribution is -0.118. The number of anilines is 2. The summed E-state index contributed by atoms with van der Waals surface area (Å²) in [4.78, 5) is 21.2. The fourth-order valence-corrected chi connectivity index (χ4v) is 3.45. The average molecular weight is 362 g/mol. The van der Waals surface area contributed by atoms with E-state index in [2.05, 4.69) is 15.3 Å². The average Bonchev–Trinajstić information content (AvgIpc) is 3.34. The third-order valence-corrected chi connectivity index (χ3v) is 5.45. The highest BCUT2D eigenvalue weighted by Gasteiger charge is 2.54. The summed E-state index contributed by atoms with van der Waals surface area (Å²) in [7, 11) is 0. The maximum Gasteiger partial charge on any atom is 0.229 e. The van der Waals surface area contributed by atoms with Crippen molar-refractivity contribution in [1.29, 1.82) is 0 Å². The molecule has 6 heteroatoms. The molecular weight excluding hydrogens is 340 g/mol. The molecule has 2 unspecified atom stereocenters. The number of amides is 1. The van der Waals surface area contributed by atoms with Crippen LogP contribution in [0.1, 0.15) is 18.9 Å². The van der Waals surface area contributed by atoms with E-state index in [0.717, 1.165) is 27.6 Å². The normalized spacial score (nSPS) is 21.2. The number of aliphatic hydroxyl groups excluding tert-OH is 1. The van der Waals surface area contributed by atoms with Gasteiger partial charge in [0.05, 0.1) is 5.69 Å². The first-order valence-corrected chi connectivity index (χ1v) is 8.95. The molecule has 4 rings (SSSR count). The van der Waals surface area contributed by atoms with Crippen molar-refractivity contribution in [1.82, 2.24) is 9.97 Å². The fraction of sp³-hybridized carbons (Fsp3) is 0.286. The number of aromatic nitrogens is 2. The van der Waals surface area contributed by atoms with E-state index in [9.17, 15) is 9.90 Å². The molecule has 6 nitrogen and oxygen atoms in total. The number of nitrogens with two attached hydrogens (primary N) is 1. The Kier molecular flexibility index (Phi) is 4.08. The van der Waals surface area contributed by atoms with Crippen molar-refractivity contribution in [2.75, 3.05) is 17.7 Å². The van der Waals surface area contributed by atoms with E-state index in [-0.39, 0.29) is 23.8 Å². The van der Waals surface area contributed by atoms with Crippen LogP contribution < -0.4 is 11.1 Å². The zero-order valence-corrected chi connectivity index (χ0v) is 15.4. The van der Waals surface area contributed by atoms with Gasteiger partial charge in [-0.1, -0.05) is 31.2 Å². The summed E-state index contributed by atoms with van der Waals surface area (Å²) in [6.45, 7) is 3.95. The molecule has 1 saturated carbocycles. The van der Waals surface area contributed by atoms with Crippen molar-refractivity contribution in [2.24, 2.45) is 11.3 Å². The zero-order valence-electron chi connectivity index (χ0n) is 15.4. The summed E-state index contributed by atoms with van der Waals surface area (Å²) in [5, 5.41) is 13.8. The van der Waals surface area contributed by atoms with Crippen LogP contribution in [0.5, 0.6) is 0 Å². The monoisotopic (exact) mass is 362 g/mol. The van der Waals surface area contributed by atoms with E-state index in [4.69, 9.17) is 5.73 Å². The highest BCUT2D eigenvalue weighted by molar-refractivity contribution is 5.98. The second-order valence-electron chi connectivity index (χ2n) is 7.56. The number of carbonyl (C=O) groups excluding carboxylic acids is 1. The van der Waals surface area contributed by atoms with Gasteiger partial charge in [-0.05, 0) is 36.4 Å². The molecule has 2 aromatic heterocycles. The molecule has 3 aromatic rings. The van der Waals surface area contributed by atoms with Gasteiger partial charge in [0.1, 0.15) is 11.6 Å². The molecule has 138 valence electrons. The molecular formula is C21H22N4O2. The number of aryl methyl sites for hydroxylation is 1. The first kappa shape index (κ1) is 17.4. The molecule has 1 aromatic carbocycles. The molecule has 27 heavy (non-hydrogen) atoms. The lowest BCUT2D eigenvalue weighted by Gasteiger charge is -2.11. The van der Waals surface area contributed by atoms with Crippen molar-refractivity contribution in [2.45, 2.75) is 20.3 Å². The van der Waals surface area contributed by atoms with Crippen LogP contribution in [-0.2, 0) is 4.79 Å². The van der Waals surface area contributed by atoms with Gasteiger partial charge in [-0.25, -0.2) is 9.97 Å². The maximum atomic E-state index is 12.4. The van der Waals surface area contributed by atoms with Gasteiger partial charge >= 0.3 is 0 Å². The SMILES string of the molecule is Cc1ccccc1-c1cc2cc(NC(=O)C3CC3(C)CO)ncc2c(N)n1. The van der Waals surface area contributed by atoms with Crippen LogP contribution in [0.4, 0.5) is 11.6 Å². The summed E-state index contributed by atoms with van der Waals surface area (Å²) in [6, 6.07) is 11.8. The summed E-state index contributed by atoms with van der Waals surface area (Å²) < 4.78 is 0. The number of nitrogen functional groups attached to an aromatic ring is 1. The van der Waals surface area contributed by atoms with Crippen LogP contribution in [0.3, 0.4) is 0 Å². The van der Waals surface area contributed by atoms with Gasteiger partial charge in [0.25, 0.3) is 0 Å². The number of aliphatic hydroxyl groups is 1. The Morgan fingerprint density at radius 1 is 1.37 bits per heavy atom. The molecule has 2 heterocycles. The Hall–Kier alpha value is -2.99. The largest absolute Gasteiger partial charge is 0.396 e. The smallest absolute Gasteiger partial charge is 0.229 e. The molecule has 1 aliphatic rings. The van der Waals surface area contributed by atoms with Gasteiger partial charge in [0, 0.05) is 35.1 Å². The summed E-state index contributed by atoms with van der Waals surface area (Å²) >= 11 is 0. The van der Waals surface area contributed by atoms with Gasteiger partial charge in [-0.2, -0.15) is 0 Å². The van der Waals surface area contributed by atoms with Crippen LogP contribution >= 0.6 is 0 Å². The Balaban J connectivity index is 1.67. The van der Waals surface area contributed by atoms with E-state index < -0.39 is 0 Å². The van der Waals surface area contributed by atoms with Gasteiger partial charge in [-0.3, -0.25) is 4.79 Å². The number of hydrogen-bond acceptors (Lipinski definition) is 5. The molecule has 1 amide bonds. The standard InChI is InChI=1S/C21H22N4O2/c1-12-5-3-4-6-14(12)17-7-13-8-18(23-10-15(13)19(22)24-17)25-20(27)16-9-21(16,2)11-26/h3-8,10,16,26H,9,11H2,1-2H3,(H2,22,24)(H,23,25,27). The van der Waals surface area contributed by atoms with E-state index >= 15 is 0 Å². The lowest BCUT2D eigenvalue weighted by Crippen LogP contribution is -2.19. The number of nitrogens with zero attached hydrogens (tertiary/aromatic N) is 2. The number of benzene rings is 1. The van der Waals surface area contributed by atoms with Crippen molar-refractivity contribution in [3.05, 3.63) is 48.2 Å². The Morgan fingerprint density at radius 3 is 2.85 bits per heavy atom. The van der Waals surface area contributed by atoms with E-state index in [1.165, 1.54) is 0 Å². The van der Waals surface area contributed by atoms with Crippen molar-refractivity contribution >= 4 is 28.3 Å². The third-order valence-electron chi connectivity index (χ3n) is 5.45. The Bertz CT molecular complexity index is 1050. The molecule has 0 bridgehead atoms. The number of fused-ring (bicyclic) bond motifs is 1. The summed E-state index contributed by atoms with van der Waals surface area (Å²) in [5.74, 6) is 0.594. The number of pyridine rings is 2. The van der Waals surface area contributed by atoms with E-state index in [1.807, 2.05) is 50.2 Å². The van der Waals surface area contributed by atoms with Gasteiger partial charge in [0.15, 0.2) is 0 Å². The molecule has 0 saturated heterocycles. The fourth-order valence-electron chi connectivity index (χ4n) is 3.45. The van der Waals surface area contributed by atoms with Crippen LogP contribution in [0, 0.1) is 18.3 Å². The number of rotatable bonds is 4. The molecule has 2 atom stereocenters. The van der Waals surface area contributed by atoms with E-state index in [1.54, 1.807) is 6.20 Å². The van der Waals surface area contributed by atoms with Gasteiger partial charge in [0.2, 0.25) is 5.91 Å². The Labute approximate surface area is 157 Å². The van der Waals surface area contributed by atoms with Crippen LogP contribution in [0.2, 0.25) is 0 Å². The van der Waals surface area contributed by atoms with Crippen LogP contribution in [0.25, 0.3) is 22.0 Å². The first-order chi connectivity index (χ1) is 12.9. The molecule has 4 N–H and O–H groups in total. The number of hydrogen-bond donors (Lipinski definition) is 3. The second-order valence-corrected chi connectivity index (χ2v) is 7.56. The predicted octanol–water partition coefficient (Wildman–Crippen LogP) is 3.14. The molecule has 0 radical (unpaired) electrons. The summed E-state index contributed by atoms with van der Waals surface area (Å²) in [6.07, 6.45) is 2.32. The van der Waals surface area contributed by atoms with Gasteiger partial charge in [-0.15, -0.1) is 0 Å². The number of carbonyl (C=O) groups is 1.